The molecule has 3 aromatic rings. The molecule has 114 valence electrons. The average molecular weight is 299 g/mol. The lowest BCUT2D eigenvalue weighted by Crippen LogP contribution is -2.22. The Morgan fingerprint density at radius 3 is 2.91 bits per heavy atom. The van der Waals surface area contributed by atoms with E-state index in [2.05, 4.69) is 31.8 Å². The van der Waals surface area contributed by atoms with Gasteiger partial charge in [0, 0.05) is 31.8 Å². The van der Waals surface area contributed by atoms with Crippen molar-refractivity contribution < 1.29 is 4.39 Å². The lowest BCUT2D eigenvalue weighted by Gasteiger charge is -2.17. The molecule has 0 aliphatic carbocycles. The van der Waals surface area contributed by atoms with Crippen LogP contribution in [0.3, 0.4) is 0 Å². The first-order valence-corrected chi connectivity index (χ1v) is 7.32. The highest BCUT2D eigenvalue weighted by atomic mass is 19.1. The summed E-state index contributed by atoms with van der Waals surface area (Å²) in [5.41, 5.74) is 2.54. The van der Waals surface area contributed by atoms with Crippen LogP contribution in [-0.2, 0) is 12.8 Å². The molecule has 0 atom stereocenters. The van der Waals surface area contributed by atoms with E-state index in [-0.39, 0.29) is 5.82 Å². The third kappa shape index (κ3) is 3.05. The summed E-state index contributed by atoms with van der Waals surface area (Å²) in [5.74, 6) is 1.49. The first-order chi connectivity index (χ1) is 10.7. The number of fused-ring (bicyclic) bond motifs is 1. The lowest BCUT2D eigenvalue weighted by atomic mass is 10.3. The predicted molar refractivity (Wildman–Crippen MR) is 84.4 cm³/mol. The quantitative estimate of drug-likeness (QED) is 0.787. The van der Waals surface area contributed by atoms with Crippen molar-refractivity contribution in [1.82, 2.24) is 19.9 Å². The summed E-state index contributed by atoms with van der Waals surface area (Å²) in [5, 5.41) is 0. The minimum Gasteiger partial charge on any atom is -0.359 e. The molecule has 3 rings (SSSR count). The molecule has 0 spiro atoms. The van der Waals surface area contributed by atoms with Gasteiger partial charge in [0.1, 0.15) is 23.8 Å². The standard InChI is InChI=1S/C16H18FN5/c1-3-12-9-16(19-10-18-12)22(2)7-6-15-20-13-5-4-11(17)8-14(13)21-15/h4-5,8-10H,3,6-7H2,1-2H3,(H,20,21). The molecule has 1 N–H and O–H groups in total. The monoisotopic (exact) mass is 299 g/mol. The Kier molecular flexibility index (Phi) is 4.00. The second-order valence-electron chi connectivity index (χ2n) is 5.24. The van der Waals surface area contributed by atoms with Crippen molar-refractivity contribution >= 4 is 16.9 Å². The first-order valence-electron chi connectivity index (χ1n) is 7.32. The number of nitrogens with one attached hydrogen (secondary N) is 1. The van der Waals surface area contributed by atoms with Gasteiger partial charge in [-0.1, -0.05) is 6.92 Å². The Balaban J connectivity index is 1.70. The zero-order valence-corrected chi connectivity index (χ0v) is 12.7. The lowest BCUT2D eigenvalue weighted by molar-refractivity contribution is 0.629. The van der Waals surface area contributed by atoms with Crippen LogP contribution in [0.4, 0.5) is 10.2 Å². The van der Waals surface area contributed by atoms with E-state index < -0.39 is 0 Å². The normalized spacial score (nSPS) is 11.0. The molecule has 0 fully saturated rings. The van der Waals surface area contributed by atoms with Gasteiger partial charge in [0.25, 0.3) is 0 Å². The number of hydrogen-bond acceptors (Lipinski definition) is 4. The summed E-state index contributed by atoms with van der Waals surface area (Å²) >= 11 is 0. The molecule has 0 aliphatic heterocycles. The first kappa shape index (κ1) is 14.4. The van der Waals surface area contributed by atoms with Crippen LogP contribution < -0.4 is 4.90 Å². The molecule has 0 unspecified atom stereocenters. The SMILES string of the molecule is CCc1cc(N(C)CCc2nc3ccc(F)cc3[nH]2)ncn1. The zero-order valence-electron chi connectivity index (χ0n) is 12.7. The second kappa shape index (κ2) is 6.09. The number of aryl methyl sites for hydroxylation is 1. The van der Waals surface area contributed by atoms with Crippen LogP contribution in [0.15, 0.2) is 30.6 Å². The Labute approximate surface area is 128 Å². The molecule has 0 saturated heterocycles. The number of likely N-dealkylation sites (N-methyl/N-ethyl adjacent to an activating group) is 1. The maximum Gasteiger partial charge on any atom is 0.131 e. The average Bonchev–Trinajstić information content (AvgIpc) is 2.94. The largest absolute Gasteiger partial charge is 0.359 e. The fraction of sp³-hybridized carbons (Fsp3) is 0.312. The van der Waals surface area contributed by atoms with Crippen LogP contribution in [-0.4, -0.2) is 33.5 Å². The van der Waals surface area contributed by atoms with Gasteiger partial charge in [0.2, 0.25) is 0 Å². The van der Waals surface area contributed by atoms with E-state index in [0.717, 1.165) is 47.8 Å². The van der Waals surface area contributed by atoms with Gasteiger partial charge in [0.05, 0.1) is 11.0 Å². The molecular weight excluding hydrogens is 281 g/mol. The van der Waals surface area contributed by atoms with Crippen LogP contribution in [0, 0.1) is 5.82 Å². The van der Waals surface area contributed by atoms with Gasteiger partial charge in [-0.25, -0.2) is 19.3 Å². The van der Waals surface area contributed by atoms with Crippen molar-refractivity contribution in [3.8, 4) is 0 Å². The molecule has 5 nitrogen and oxygen atoms in total. The number of aromatic amines is 1. The number of rotatable bonds is 5. The minimum absolute atomic E-state index is 0.257. The highest BCUT2D eigenvalue weighted by Crippen LogP contribution is 2.14. The number of nitrogens with zero attached hydrogens (tertiary/aromatic N) is 4. The maximum atomic E-state index is 13.2. The van der Waals surface area contributed by atoms with Gasteiger partial charge in [0.15, 0.2) is 0 Å². The summed E-state index contributed by atoms with van der Waals surface area (Å²) in [6, 6.07) is 6.57. The van der Waals surface area contributed by atoms with E-state index >= 15 is 0 Å². The number of imidazole rings is 1. The van der Waals surface area contributed by atoms with E-state index in [1.165, 1.54) is 12.1 Å². The Hall–Kier alpha value is -2.50. The summed E-state index contributed by atoms with van der Waals surface area (Å²) in [4.78, 5) is 18.2. The molecule has 6 heteroatoms. The summed E-state index contributed by atoms with van der Waals surface area (Å²) in [6.45, 7) is 2.84. The fourth-order valence-electron chi connectivity index (χ4n) is 2.33. The molecule has 0 saturated carbocycles. The van der Waals surface area contributed by atoms with E-state index in [1.54, 1.807) is 12.4 Å². The molecule has 22 heavy (non-hydrogen) atoms. The van der Waals surface area contributed by atoms with E-state index in [4.69, 9.17) is 0 Å². The van der Waals surface area contributed by atoms with Gasteiger partial charge in [-0.2, -0.15) is 0 Å². The number of halogens is 1. The predicted octanol–water partition coefficient (Wildman–Crippen LogP) is 2.73. The van der Waals surface area contributed by atoms with E-state index in [1.807, 2.05) is 13.1 Å². The van der Waals surface area contributed by atoms with Crippen molar-refractivity contribution in [3.05, 3.63) is 47.9 Å². The molecule has 2 aromatic heterocycles. The van der Waals surface area contributed by atoms with Crippen molar-refractivity contribution in [3.63, 3.8) is 0 Å². The highest BCUT2D eigenvalue weighted by Gasteiger charge is 2.07. The topological polar surface area (TPSA) is 57.7 Å². The Morgan fingerprint density at radius 2 is 2.09 bits per heavy atom. The van der Waals surface area contributed by atoms with Crippen molar-refractivity contribution in [2.24, 2.45) is 0 Å². The number of anilines is 1. The third-order valence-electron chi connectivity index (χ3n) is 3.64. The molecule has 0 amide bonds. The van der Waals surface area contributed by atoms with Crippen molar-refractivity contribution in [2.75, 3.05) is 18.5 Å². The van der Waals surface area contributed by atoms with Gasteiger partial charge >= 0.3 is 0 Å². The van der Waals surface area contributed by atoms with Crippen LogP contribution in [0.1, 0.15) is 18.4 Å². The highest BCUT2D eigenvalue weighted by molar-refractivity contribution is 5.74. The van der Waals surface area contributed by atoms with E-state index in [9.17, 15) is 4.39 Å². The third-order valence-corrected chi connectivity index (χ3v) is 3.64. The minimum atomic E-state index is -0.257. The maximum absolute atomic E-state index is 13.2. The molecular formula is C16H18FN5. The molecule has 2 heterocycles. The Bertz CT molecular complexity index is 783. The van der Waals surface area contributed by atoms with Gasteiger partial charge in [-0.15, -0.1) is 0 Å². The van der Waals surface area contributed by atoms with Crippen LogP contribution in [0.25, 0.3) is 11.0 Å². The number of H-pyrrole nitrogens is 1. The van der Waals surface area contributed by atoms with Crippen molar-refractivity contribution in [2.45, 2.75) is 19.8 Å². The molecule has 0 radical (unpaired) electrons. The molecule has 0 bridgehead atoms. The van der Waals surface area contributed by atoms with Gasteiger partial charge in [-0.05, 0) is 24.6 Å². The summed E-state index contributed by atoms with van der Waals surface area (Å²) < 4.78 is 13.2. The fourth-order valence-corrected chi connectivity index (χ4v) is 2.33. The van der Waals surface area contributed by atoms with Crippen LogP contribution in [0.5, 0.6) is 0 Å². The smallest absolute Gasteiger partial charge is 0.131 e. The number of aromatic nitrogens is 4. The van der Waals surface area contributed by atoms with Gasteiger partial charge < -0.3 is 9.88 Å². The number of benzene rings is 1. The second-order valence-corrected chi connectivity index (χ2v) is 5.24. The Morgan fingerprint density at radius 1 is 1.23 bits per heavy atom. The summed E-state index contributed by atoms with van der Waals surface area (Å²) in [7, 11) is 1.99. The molecule has 1 aromatic carbocycles. The van der Waals surface area contributed by atoms with Crippen LogP contribution in [0.2, 0.25) is 0 Å². The molecule has 0 aliphatic rings. The number of hydrogen-bond donors (Lipinski definition) is 1. The summed E-state index contributed by atoms with van der Waals surface area (Å²) in [6.07, 6.45) is 3.21. The van der Waals surface area contributed by atoms with Gasteiger partial charge in [-0.3, -0.25) is 0 Å². The zero-order chi connectivity index (χ0) is 15.5. The van der Waals surface area contributed by atoms with Crippen LogP contribution >= 0.6 is 0 Å². The van der Waals surface area contributed by atoms with Crippen molar-refractivity contribution in [1.29, 1.82) is 0 Å². The van der Waals surface area contributed by atoms with E-state index in [0.29, 0.717) is 0 Å².